The molecule has 2 aromatic heterocycles. The van der Waals surface area contributed by atoms with Crippen molar-refractivity contribution in [3.8, 4) is 0 Å². The van der Waals surface area contributed by atoms with Crippen LogP contribution in [0.25, 0.3) is 0 Å². The molecular formula is C19H21N3OS2. The van der Waals surface area contributed by atoms with Crippen LogP contribution in [0.2, 0.25) is 0 Å². The summed E-state index contributed by atoms with van der Waals surface area (Å²) >= 11 is 3.11. The third-order valence-electron chi connectivity index (χ3n) is 3.74. The number of nitrogens with one attached hydrogen (secondary N) is 1. The molecule has 1 aromatic carbocycles. The van der Waals surface area contributed by atoms with Crippen molar-refractivity contribution in [3.05, 3.63) is 67.6 Å². The minimum absolute atomic E-state index is 0.0699. The quantitative estimate of drug-likeness (QED) is 0.691. The number of carbonyl (C=O) groups is 1. The Bertz CT molecular complexity index is 853. The van der Waals surface area contributed by atoms with Gasteiger partial charge in [-0.05, 0) is 12.5 Å². The van der Waals surface area contributed by atoms with Gasteiger partial charge in [-0.3, -0.25) is 4.79 Å². The summed E-state index contributed by atoms with van der Waals surface area (Å²) in [6, 6.07) is 10.3. The summed E-state index contributed by atoms with van der Waals surface area (Å²) < 4.78 is 0. The van der Waals surface area contributed by atoms with Crippen LogP contribution in [-0.2, 0) is 13.0 Å². The summed E-state index contributed by atoms with van der Waals surface area (Å²) in [5, 5.41) is 7.04. The van der Waals surface area contributed by atoms with Crippen molar-refractivity contribution in [1.82, 2.24) is 15.3 Å². The summed E-state index contributed by atoms with van der Waals surface area (Å²) in [6.07, 6.45) is 0.825. The summed E-state index contributed by atoms with van der Waals surface area (Å²) in [6.45, 7) is 6.50. The van der Waals surface area contributed by atoms with Crippen molar-refractivity contribution in [2.24, 2.45) is 0 Å². The Morgan fingerprint density at radius 1 is 1.20 bits per heavy atom. The van der Waals surface area contributed by atoms with Crippen LogP contribution in [0.3, 0.4) is 0 Å². The zero-order valence-electron chi connectivity index (χ0n) is 14.6. The first-order valence-corrected chi connectivity index (χ1v) is 9.95. The molecule has 0 aliphatic rings. The lowest BCUT2D eigenvalue weighted by Gasteiger charge is -2.01. The van der Waals surface area contributed by atoms with Gasteiger partial charge in [-0.1, -0.05) is 44.2 Å². The predicted molar refractivity (Wildman–Crippen MR) is 103 cm³/mol. The molecule has 0 atom stereocenters. The Morgan fingerprint density at radius 2 is 1.96 bits per heavy atom. The molecule has 0 aliphatic heterocycles. The topological polar surface area (TPSA) is 54.9 Å². The summed E-state index contributed by atoms with van der Waals surface area (Å²) in [4.78, 5) is 22.2. The maximum atomic E-state index is 12.4. The molecule has 6 heteroatoms. The molecule has 0 aliphatic carbocycles. The molecule has 3 aromatic rings. The largest absolute Gasteiger partial charge is 0.346 e. The maximum Gasteiger partial charge on any atom is 0.263 e. The van der Waals surface area contributed by atoms with Crippen LogP contribution in [0.5, 0.6) is 0 Å². The highest BCUT2D eigenvalue weighted by molar-refractivity contribution is 7.13. The van der Waals surface area contributed by atoms with Crippen molar-refractivity contribution in [1.29, 1.82) is 0 Å². The van der Waals surface area contributed by atoms with Crippen LogP contribution < -0.4 is 5.32 Å². The molecule has 0 saturated heterocycles. The van der Waals surface area contributed by atoms with E-state index in [2.05, 4.69) is 41.3 Å². The fraction of sp³-hybridized carbons (Fsp3) is 0.316. The lowest BCUT2D eigenvalue weighted by molar-refractivity contribution is 0.0953. The molecule has 0 fully saturated rings. The van der Waals surface area contributed by atoms with Crippen LogP contribution in [0.15, 0.2) is 35.7 Å². The lowest BCUT2D eigenvalue weighted by Crippen LogP contribution is -2.22. The average molecular weight is 372 g/mol. The van der Waals surface area contributed by atoms with E-state index >= 15 is 0 Å². The van der Waals surface area contributed by atoms with Crippen molar-refractivity contribution in [2.75, 3.05) is 0 Å². The van der Waals surface area contributed by atoms with E-state index < -0.39 is 0 Å². The Hall–Kier alpha value is -2.05. The first-order chi connectivity index (χ1) is 12.0. The van der Waals surface area contributed by atoms with Gasteiger partial charge < -0.3 is 5.32 Å². The third-order valence-corrected chi connectivity index (χ3v) is 6.10. The molecule has 0 unspecified atom stereocenters. The first kappa shape index (κ1) is 17.8. The molecule has 2 heterocycles. The molecule has 0 spiro atoms. The standard InChI is InChI=1S/C19H21N3OS2/c1-12(2)19-21-13(3)17(25-19)18(23)20-10-15-11-24-16(22-15)9-14-7-5-4-6-8-14/h4-8,11-12H,9-10H2,1-3H3,(H,20,23). The Morgan fingerprint density at radius 3 is 2.64 bits per heavy atom. The Kier molecular flexibility index (Phi) is 5.60. The second-order valence-electron chi connectivity index (χ2n) is 6.20. The van der Waals surface area contributed by atoms with E-state index in [1.807, 2.05) is 30.5 Å². The van der Waals surface area contributed by atoms with Crippen molar-refractivity contribution in [3.63, 3.8) is 0 Å². The van der Waals surface area contributed by atoms with Gasteiger partial charge >= 0.3 is 0 Å². The SMILES string of the molecule is Cc1nc(C(C)C)sc1C(=O)NCc1csc(Cc2ccccc2)n1. The maximum absolute atomic E-state index is 12.4. The fourth-order valence-corrected chi connectivity index (χ4v) is 4.22. The van der Waals surface area contributed by atoms with E-state index in [0.717, 1.165) is 27.8 Å². The lowest BCUT2D eigenvalue weighted by atomic mass is 10.2. The normalized spacial score (nSPS) is 11.0. The van der Waals surface area contributed by atoms with E-state index in [0.29, 0.717) is 17.3 Å². The van der Waals surface area contributed by atoms with Crippen LogP contribution in [0, 0.1) is 6.92 Å². The molecule has 130 valence electrons. The zero-order valence-corrected chi connectivity index (χ0v) is 16.2. The van der Waals surface area contributed by atoms with Crippen molar-refractivity contribution in [2.45, 2.75) is 39.7 Å². The monoisotopic (exact) mass is 371 g/mol. The average Bonchev–Trinajstić information content (AvgIpc) is 3.20. The van der Waals surface area contributed by atoms with Crippen LogP contribution >= 0.6 is 22.7 Å². The third kappa shape index (κ3) is 4.52. The molecule has 25 heavy (non-hydrogen) atoms. The number of aryl methyl sites for hydroxylation is 1. The van der Waals surface area contributed by atoms with Gasteiger partial charge in [0.25, 0.3) is 5.91 Å². The molecule has 3 rings (SSSR count). The fourth-order valence-electron chi connectivity index (χ4n) is 2.41. The zero-order chi connectivity index (χ0) is 17.8. The number of hydrogen-bond acceptors (Lipinski definition) is 5. The van der Waals surface area contributed by atoms with E-state index in [-0.39, 0.29) is 5.91 Å². The molecule has 0 radical (unpaired) electrons. The van der Waals surface area contributed by atoms with Crippen LogP contribution in [0.1, 0.15) is 56.4 Å². The van der Waals surface area contributed by atoms with Gasteiger partial charge in [-0.15, -0.1) is 22.7 Å². The van der Waals surface area contributed by atoms with E-state index in [9.17, 15) is 4.79 Å². The summed E-state index contributed by atoms with van der Waals surface area (Å²) in [5.74, 6) is 0.267. The van der Waals surface area contributed by atoms with Gasteiger partial charge in [-0.2, -0.15) is 0 Å². The predicted octanol–water partition coefficient (Wildman–Crippen LogP) is 4.55. The van der Waals surface area contributed by atoms with Gasteiger partial charge in [-0.25, -0.2) is 9.97 Å². The number of aromatic nitrogens is 2. The van der Waals surface area contributed by atoms with Crippen molar-refractivity contribution >= 4 is 28.6 Å². The number of nitrogens with zero attached hydrogens (tertiary/aromatic N) is 2. The Labute approximate surface area is 156 Å². The molecule has 1 amide bonds. The molecule has 0 bridgehead atoms. The van der Waals surface area contributed by atoms with E-state index in [1.165, 1.54) is 16.9 Å². The minimum atomic E-state index is -0.0699. The summed E-state index contributed by atoms with van der Waals surface area (Å²) in [7, 11) is 0. The molecule has 4 nitrogen and oxygen atoms in total. The van der Waals surface area contributed by atoms with Gasteiger partial charge in [0.1, 0.15) is 4.88 Å². The van der Waals surface area contributed by atoms with Crippen molar-refractivity contribution < 1.29 is 4.79 Å². The minimum Gasteiger partial charge on any atom is -0.346 e. The summed E-state index contributed by atoms with van der Waals surface area (Å²) in [5.41, 5.74) is 2.94. The van der Waals surface area contributed by atoms with Gasteiger partial charge in [0.05, 0.1) is 27.9 Å². The van der Waals surface area contributed by atoms with Gasteiger partial charge in [0.15, 0.2) is 0 Å². The molecule has 0 saturated carbocycles. The van der Waals surface area contributed by atoms with E-state index in [4.69, 9.17) is 0 Å². The molecular weight excluding hydrogens is 350 g/mol. The number of amides is 1. The number of hydrogen-bond donors (Lipinski definition) is 1. The smallest absolute Gasteiger partial charge is 0.263 e. The van der Waals surface area contributed by atoms with Gasteiger partial charge in [0.2, 0.25) is 0 Å². The number of thiazole rings is 2. The van der Waals surface area contributed by atoms with Gasteiger partial charge in [0, 0.05) is 17.7 Å². The highest BCUT2D eigenvalue weighted by Crippen LogP contribution is 2.24. The Balaban J connectivity index is 1.59. The number of rotatable bonds is 6. The van der Waals surface area contributed by atoms with Crippen LogP contribution in [0.4, 0.5) is 0 Å². The number of benzene rings is 1. The van der Waals surface area contributed by atoms with E-state index in [1.54, 1.807) is 11.3 Å². The highest BCUT2D eigenvalue weighted by Gasteiger charge is 2.17. The number of carbonyl (C=O) groups excluding carboxylic acids is 1. The second kappa shape index (κ2) is 7.89. The highest BCUT2D eigenvalue weighted by atomic mass is 32.1. The second-order valence-corrected chi connectivity index (χ2v) is 8.17. The molecule has 1 N–H and O–H groups in total. The van der Waals surface area contributed by atoms with Crippen LogP contribution in [-0.4, -0.2) is 15.9 Å². The first-order valence-electron chi connectivity index (χ1n) is 8.25.